The van der Waals surface area contributed by atoms with Crippen LogP contribution in [0.5, 0.6) is 5.75 Å². The number of carbonyl (C=O) groups excluding carboxylic acids is 2. The molecule has 9 aliphatic rings. The van der Waals surface area contributed by atoms with Gasteiger partial charge in [0.2, 0.25) is 11.8 Å². The Morgan fingerprint density at radius 2 is 1.97 bits per heavy atom. The van der Waals surface area contributed by atoms with E-state index in [1.54, 1.807) is 12.0 Å². The number of hydrogen-bond donors (Lipinski definition) is 2. The summed E-state index contributed by atoms with van der Waals surface area (Å²) < 4.78 is 11.8. The zero-order chi connectivity index (χ0) is 27.6. The number of aliphatic imine (C=N–C) groups is 1. The number of benzene rings is 1. The third kappa shape index (κ3) is 4.34. The van der Waals surface area contributed by atoms with E-state index in [1.165, 1.54) is 5.56 Å². The van der Waals surface area contributed by atoms with Gasteiger partial charge in [-0.15, -0.1) is 0 Å². The van der Waals surface area contributed by atoms with Gasteiger partial charge in [0.15, 0.2) is 5.96 Å². The van der Waals surface area contributed by atoms with Gasteiger partial charge in [-0.05, 0) is 82.3 Å². The zero-order valence-electron chi connectivity index (χ0n) is 24.0. The maximum Gasteiger partial charge on any atom is 0.232 e. The molecule has 3 aliphatic carbocycles. The van der Waals surface area contributed by atoms with Crippen molar-refractivity contribution in [3.63, 3.8) is 0 Å². The minimum Gasteiger partial charge on any atom is -0.487 e. The summed E-state index contributed by atoms with van der Waals surface area (Å²) in [6.45, 7) is 6.84. The molecule has 3 fully saturated rings. The van der Waals surface area contributed by atoms with Crippen LogP contribution in [0, 0.1) is 10.8 Å². The molecule has 0 saturated heterocycles. The summed E-state index contributed by atoms with van der Waals surface area (Å²) in [6, 6.07) is 6.29. The Bertz CT molecular complexity index is 1190. The van der Waals surface area contributed by atoms with Crippen LogP contribution < -0.4 is 15.8 Å². The third-order valence-corrected chi connectivity index (χ3v) is 10.4. The van der Waals surface area contributed by atoms with Crippen molar-refractivity contribution < 1.29 is 19.1 Å². The molecule has 6 bridgehead atoms. The molecule has 1 aromatic rings. The molecule has 6 aliphatic heterocycles. The van der Waals surface area contributed by atoms with Crippen molar-refractivity contribution in [1.29, 1.82) is 0 Å². The first-order valence-corrected chi connectivity index (χ1v) is 14.8. The Morgan fingerprint density at radius 3 is 2.67 bits per heavy atom. The maximum atomic E-state index is 13.8. The van der Waals surface area contributed by atoms with Crippen LogP contribution in [0.2, 0.25) is 0 Å². The van der Waals surface area contributed by atoms with Gasteiger partial charge in [-0.3, -0.25) is 14.5 Å². The van der Waals surface area contributed by atoms with Crippen molar-refractivity contribution in [3.05, 3.63) is 29.3 Å². The second-order valence-corrected chi connectivity index (χ2v) is 13.6. The molecule has 3 saturated carbocycles. The molecule has 3 N–H and O–H groups in total. The van der Waals surface area contributed by atoms with E-state index >= 15 is 0 Å². The lowest BCUT2D eigenvalue weighted by Crippen LogP contribution is -2.75. The highest BCUT2D eigenvalue weighted by atomic mass is 16.5. The number of hydrogen-bond acceptors (Lipinski definition) is 6. The SMILES string of the molecule is CC[C@@]12CCCCc3ccc4c(c3)[C@H](CC(C)(C)O4)NC(=O)C34CC(C3)(C4)C(CCOC)N(C(=O)C1)C(N)=N2. The van der Waals surface area contributed by atoms with Gasteiger partial charge in [0.1, 0.15) is 11.4 Å². The molecule has 6 heterocycles. The van der Waals surface area contributed by atoms with Crippen LogP contribution in [0.4, 0.5) is 0 Å². The first-order valence-electron chi connectivity index (χ1n) is 14.8. The number of nitrogens with zero attached hydrogens (tertiary/aromatic N) is 2. The van der Waals surface area contributed by atoms with Crippen LogP contribution in [-0.2, 0) is 20.7 Å². The smallest absolute Gasteiger partial charge is 0.232 e. The number of amides is 2. The Balaban J connectivity index is 1.35. The van der Waals surface area contributed by atoms with E-state index in [0.29, 0.717) is 25.4 Å². The molecule has 2 amide bonds. The van der Waals surface area contributed by atoms with Crippen molar-refractivity contribution in [3.8, 4) is 5.75 Å². The predicted octanol–water partition coefficient (Wildman–Crippen LogP) is 4.40. The van der Waals surface area contributed by atoms with Crippen LogP contribution >= 0.6 is 0 Å². The van der Waals surface area contributed by atoms with Crippen molar-refractivity contribution >= 4 is 17.8 Å². The van der Waals surface area contributed by atoms with Gasteiger partial charge in [0.05, 0.1) is 23.4 Å². The molecule has 8 heteroatoms. The van der Waals surface area contributed by atoms with Crippen LogP contribution in [0.25, 0.3) is 0 Å². The standard InChI is InChI=1S/C31H44N4O4/c1-5-31-12-7-6-8-20-9-10-23-21(14-20)22(15-28(2,3)39-23)33-26(37)30-17-29(18-30,19-30)24(11-13-38-4)35(25(36)16-31)27(32)34-31/h9-10,14,22,24H,5-8,11-13,15-19H2,1-4H3,(H2,32,34)(H,33,37)/t22-,24?,29?,30?,31+/m0/s1. The quantitative estimate of drug-likeness (QED) is 0.593. The highest BCUT2D eigenvalue weighted by Crippen LogP contribution is 2.76. The highest BCUT2D eigenvalue weighted by Gasteiger charge is 2.75. The summed E-state index contributed by atoms with van der Waals surface area (Å²) in [5.74, 6) is 1.43. The van der Waals surface area contributed by atoms with E-state index in [9.17, 15) is 9.59 Å². The van der Waals surface area contributed by atoms with Crippen molar-refractivity contribution in [2.45, 2.75) is 115 Å². The summed E-state index contributed by atoms with van der Waals surface area (Å²) in [6.07, 6.45) is 8.69. The number of rotatable bonds is 4. The first-order chi connectivity index (χ1) is 18.5. The third-order valence-electron chi connectivity index (χ3n) is 10.4. The van der Waals surface area contributed by atoms with E-state index in [-0.39, 0.29) is 40.3 Å². The number of nitrogens with one attached hydrogen (secondary N) is 1. The minimum atomic E-state index is -0.435. The van der Waals surface area contributed by atoms with Gasteiger partial charge in [0, 0.05) is 31.7 Å². The van der Waals surface area contributed by atoms with Crippen molar-refractivity contribution in [2.24, 2.45) is 21.6 Å². The Kier molecular flexibility index (Phi) is 6.29. The fraction of sp³-hybridized carbons (Fsp3) is 0.710. The first kappa shape index (κ1) is 26.6. The van der Waals surface area contributed by atoms with Crippen LogP contribution in [0.3, 0.4) is 0 Å². The predicted molar refractivity (Wildman–Crippen MR) is 149 cm³/mol. The molecular weight excluding hydrogens is 492 g/mol. The van der Waals surface area contributed by atoms with Gasteiger partial charge >= 0.3 is 0 Å². The molecule has 1 aromatic carbocycles. The van der Waals surface area contributed by atoms with Gasteiger partial charge in [-0.2, -0.15) is 0 Å². The fourth-order valence-electron chi connectivity index (χ4n) is 8.37. The van der Waals surface area contributed by atoms with Crippen LogP contribution in [0.15, 0.2) is 23.2 Å². The molecule has 8 nitrogen and oxygen atoms in total. The lowest BCUT2D eigenvalue weighted by molar-refractivity contribution is -0.231. The monoisotopic (exact) mass is 536 g/mol. The summed E-state index contributed by atoms with van der Waals surface area (Å²) in [4.78, 5) is 34.3. The Labute approximate surface area is 232 Å². The van der Waals surface area contributed by atoms with Gasteiger partial charge < -0.3 is 20.5 Å². The summed E-state index contributed by atoms with van der Waals surface area (Å²) in [7, 11) is 1.69. The van der Waals surface area contributed by atoms with E-state index in [4.69, 9.17) is 20.2 Å². The minimum absolute atomic E-state index is 0.0689. The normalized spacial score (nSPS) is 36.9. The number of methoxy groups -OCH3 is 1. The van der Waals surface area contributed by atoms with E-state index < -0.39 is 5.54 Å². The Morgan fingerprint density at radius 1 is 1.21 bits per heavy atom. The number of ether oxygens (including phenoxy) is 2. The topological polar surface area (TPSA) is 106 Å². The number of guanidine groups is 1. The van der Waals surface area contributed by atoms with Crippen LogP contribution in [0.1, 0.15) is 102 Å². The van der Waals surface area contributed by atoms with Gasteiger partial charge in [-0.1, -0.05) is 25.5 Å². The summed E-state index contributed by atoms with van der Waals surface area (Å²) in [5.41, 5.74) is 7.70. The summed E-state index contributed by atoms with van der Waals surface area (Å²) in [5, 5.41) is 3.44. The number of aryl methyl sites for hydroxylation is 1. The molecule has 10 rings (SSSR count). The second-order valence-electron chi connectivity index (χ2n) is 13.6. The lowest BCUT2D eigenvalue weighted by Gasteiger charge is -2.73. The van der Waals surface area contributed by atoms with Crippen molar-refractivity contribution in [2.75, 3.05) is 13.7 Å². The molecule has 212 valence electrons. The van der Waals surface area contributed by atoms with Gasteiger partial charge in [0.25, 0.3) is 0 Å². The molecule has 0 aromatic heterocycles. The molecule has 3 atom stereocenters. The molecule has 39 heavy (non-hydrogen) atoms. The maximum absolute atomic E-state index is 13.8. The average Bonchev–Trinajstić information content (AvgIpc) is 2.82. The molecule has 1 unspecified atom stereocenters. The van der Waals surface area contributed by atoms with E-state index in [1.807, 2.05) is 0 Å². The highest BCUT2D eigenvalue weighted by molar-refractivity contribution is 6.00. The second kappa shape index (κ2) is 9.22. The Hall–Kier alpha value is -2.61. The number of carbonyl (C=O) groups is 2. The van der Waals surface area contributed by atoms with E-state index in [0.717, 1.165) is 69.1 Å². The molecule has 0 radical (unpaired) electrons. The number of nitrogens with two attached hydrogens (primary N) is 1. The summed E-state index contributed by atoms with van der Waals surface area (Å²) >= 11 is 0. The lowest BCUT2D eigenvalue weighted by atomic mass is 9.32. The largest absolute Gasteiger partial charge is 0.487 e. The average molecular weight is 537 g/mol. The van der Waals surface area contributed by atoms with Gasteiger partial charge in [-0.25, -0.2) is 4.99 Å². The zero-order valence-corrected chi connectivity index (χ0v) is 24.0. The van der Waals surface area contributed by atoms with Crippen LogP contribution in [-0.4, -0.2) is 53.6 Å². The molecular formula is C31H44N4O4. The fourth-order valence-corrected chi connectivity index (χ4v) is 8.37. The van der Waals surface area contributed by atoms with E-state index in [2.05, 4.69) is 44.3 Å². The van der Waals surface area contributed by atoms with Crippen molar-refractivity contribution in [1.82, 2.24) is 10.2 Å². The molecule has 0 spiro atoms.